The van der Waals surface area contributed by atoms with Gasteiger partial charge in [-0.25, -0.2) is 4.39 Å². The molecule has 0 radical (unpaired) electrons. The minimum absolute atomic E-state index is 0.209. The van der Waals surface area contributed by atoms with E-state index >= 15 is 0 Å². The van der Waals surface area contributed by atoms with E-state index in [9.17, 15) is 4.39 Å². The maximum atomic E-state index is 13.9. The molecule has 0 aliphatic rings. The first-order valence-electron chi connectivity index (χ1n) is 6.35. The Morgan fingerprint density at radius 1 is 0.900 bits per heavy atom. The molecule has 0 spiro atoms. The molecule has 1 atom stereocenters. The summed E-state index contributed by atoms with van der Waals surface area (Å²) in [4.78, 5) is 0. The number of nitrogens with two attached hydrogens (primary N) is 1. The van der Waals surface area contributed by atoms with E-state index in [0.29, 0.717) is 5.39 Å². The number of fused-ring (bicyclic) bond motifs is 1. The minimum Gasteiger partial charge on any atom is -0.320 e. The van der Waals surface area contributed by atoms with Crippen LogP contribution in [0.25, 0.3) is 10.8 Å². The number of halogens is 2. The first-order chi connectivity index (χ1) is 9.66. The van der Waals surface area contributed by atoms with Crippen molar-refractivity contribution in [3.63, 3.8) is 0 Å². The van der Waals surface area contributed by atoms with Gasteiger partial charge < -0.3 is 5.73 Å². The number of benzene rings is 3. The summed E-state index contributed by atoms with van der Waals surface area (Å²) in [5, 5.41) is 1.49. The van der Waals surface area contributed by atoms with Crippen molar-refractivity contribution in [2.45, 2.75) is 6.04 Å². The van der Waals surface area contributed by atoms with Crippen molar-refractivity contribution in [1.82, 2.24) is 0 Å². The summed E-state index contributed by atoms with van der Waals surface area (Å²) < 4.78 is 15.0. The predicted molar refractivity (Wildman–Crippen MR) is 89.1 cm³/mol. The van der Waals surface area contributed by atoms with Crippen LogP contribution in [0.3, 0.4) is 0 Å². The quantitative estimate of drug-likeness (QED) is 0.648. The molecule has 20 heavy (non-hydrogen) atoms. The highest BCUT2D eigenvalue weighted by molar-refractivity contribution is 14.1. The van der Waals surface area contributed by atoms with E-state index in [1.54, 1.807) is 12.1 Å². The lowest BCUT2D eigenvalue weighted by Crippen LogP contribution is -2.12. The van der Waals surface area contributed by atoms with Gasteiger partial charge in [-0.05, 0) is 57.3 Å². The fourth-order valence-corrected chi connectivity index (χ4v) is 3.00. The van der Waals surface area contributed by atoms with Gasteiger partial charge >= 0.3 is 0 Å². The average Bonchev–Trinajstić information content (AvgIpc) is 2.47. The van der Waals surface area contributed by atoms with Crippen LogP contribution in [-0.2, 0) is 0 Å². The average molecular weight is 377 g/mol. The van der Waals surface area contributed by atoms with Crippen LogP contribution in [0.2, 0.25) is 0 Å². The number of hydrogen-bond donors (Lipinski definition) is 1. The fourth-order valence-electron chi connectivity index (χ4n) is 2.44. The first kappa shape index (κ1) is 13.5. The Bertz CT molecular complexity index is 770. The van der Waals surface area contributed by atoms with Gasteiger partial charge in [0.05, 0.1) is 6.04 Å². The largest absolute Gasteiger partial charge is 0.320 e. The van der Waals surface area contributed by atoms with Crippen LogP contribution in [0.5, 0.6) is 0 Å². The smallest absolute Gasteiger partial charge is 0.131 e. The highest BCUT2D eigenvalue weighted by Gasteiger charge is 2.14. The molecule has 100 valence electrons. The van der Waals surface area contributed by atoms with Gasteiger partial charge in [0.1, 0.15) is 5.82 Å². The topological polar surface area (TPSA) is 26.0 Å². The molecule has 0 bridgehead atoms. The van der Waals surface area contributed by atoms with Gasteiger partial charge in [-0.3, -0.25) is 0 Å². The summed E-state index contributed by atoms with van der Waals surface area (Å²) in [6.07, 6.45) is 0. The molecule has 0 aliphatic carbocycles. The standard InChI is InChI=1S/C17H13FIN/c18-16-9-8-15(13-6-1-2-7-14(13)16)17(20)11-4-3-5-12(19)10-11/h1-10,17H,20H2. The zero-order valence-corrected chi connectivity index (χ0v) is 12.8. The van der Waals surface area contributed by atoms with Crippen LogP contribution in [-0.4, -0.2) is 0 Å². The molecular formula is C17H13FIN. The van der Waals surface area contributed by atoms with Crippen molar-refractivity contribution in [2.24, 2.45) is 5.73 Å². The second kappa shape index (κ2) is 5.50. The lowest BCUT2D eigenvalue weighted by Gasteiger charge is -2.16. The molecule has 0 saturated heterocycles. The van der Waals surface area contributed by atoms with Crippen molar-refractivity contribution in [1.29, 1.82) is 0 Å². The third kappa shape index (κ3) is 2.43. The highest BCUT2D eigenvalue weighted by atomic mass is 127. The van der Waals surface area contributed by atoms with E-state index < -0.39 is 0 Å². The third-order valence-electron chi connectivity index (χ3n) is 3.45. The van der Waals surface area contributed by atoms with Crippen molar-refractivity contribution in [3.05, 3.63) is 81.2 Å². The Hall–Kier alpha value is -1.46. The lowest BCUT2D eigenvalue weighted by molar-refractivity contribution is 0.639. The molecule has 1 unspecified atom stereocenters. The molecular weight excluding hydrogens is 364 g/mol. The Kier molecular flexibility index (Phi) is 3.72. The molecule has 0 heterocycles. The maximum Gasteiger partial charge on any atom is 0.131 e. The normalized spacial score (nSPS) is 12.6. The van der Waals surface area contributed by atoms with Crippen LogP contribution in [0.4, 0.5) is 4.39 Å². The summed E-state index contributed by atoms with van der Waals surface area (Å²) in [7, 11) is 0. The summed E-state index contributed by atoms with van der Waals surface area (Å²) >= 11 is 2.27. The summed E-state index contributed by atoms with van der Waals surface area (Å²) in [6, 6.07) is 18.6. The van der Waals surface area contributed by atoms with Crippen LogP contribution >= 0.6 is 22.6 Å². The zero-order valence-electron chi connectivity index (χ0n) is 10.7. The predicted octanol–water partition coefficient (Wildman–Crippen LogP) is 4.63. The summed E-state index contributed by atoms with van der Waals surface area (Å²) in [5.74, 6) is -0.209. The molecule has 2 N–H and O–H groups in total. The Labute approximate surface area is 130 Å². The lowest BCUT2D eigenvalue weighted by atomic mass is 9.94. The minimum atomic E-state index is -0.254. The molecule has 3 rings (SSSR count). The Morgan fingerprint density at radius 2 is 1.65 bits per heavy atom. The summed E-state index contributed by atoms with van der Waals surface area (Å²) in [6.45, 7) is 0. The fraction of sp³-hybridized carbons (Fsp3) is 0.0588. The van der Waals surface area contributed by atoms with Gasteiger partial charge in [-0.2, -0.15) is 0 Å². The maximum absolute atomic E-state index is 13.9. The van der Waals surface area contributed by atoms with Gasteiger partial charge in [0.2, 0.25) is 0 Å². The Morgan fingerprint density at radius 3 is 2.40 bits per heavy atom. The molecule has 0 amide bonds. The molecule has 1 nitrogen and oxygen atoms in total. The van der Waals surface area contributed by atoms with Gasteiger partial charge in [0.15, 0.2) is 0 Å². The van der Waals surface area contributed by atoms with E-state index in [2.05, 4.69) is 28.7 Å². The number of rotatable bonds is 2. The van der Waals surface area contributed by atoms with Crippen LogP contribution in [0.1, 0.15) is 17.2 Å². The molecule has 3 aromatic rings. The molecule has 0 fully saturated rings. The van der Waals surface area contributed by atoms with E-state index in [1.165, 1.54) is 6.07 Å². The van der Waals surface area contributed by atoms with Crippen LogP contribution in [0, 0.1) is 9.39 Å². The number of hydrogen-bond acceptors (Lipinski definition) is 1. The van der Waals surface area contributed by atoms with Crippen molar-refractivity contribution < 1.29 is 4.39 Å². The van der Waals surface area contributed by atoms with E-state index in [0.717, 1.165) is 20.1 Å². The van der Waals surface area contributed by atoms with Crippen LogP contribution < -0.4 is 5.73 Å². The molecule has 3 aromatic carbocycles. The van der Waals surface area contributed by atoms with Crippen molar-refractivity contribution in [2.75, 3.05) is 0 Å². The summed E-state index contributed by atoms with van der Waals surface area (Å²) in [5.41, 5.74) is 8.36. The zero-order chi connectivity index (χ0) is 14.1. The van der Waals surface area contributed by atoms with E-state index in [1.807, 2.05) is 36.4 Å². The second-order valence-electron chi connectivity index (χ2n) is 4.71. The van der Waals surface area contributed by atoms with E-state index in [-0.39, 0.29) is 11.9 Å². The van der Waals surface area contributed by atoms with Gasteiger partial charge in [0, 0.05) is 8.96 Å². The second-order valence-corrected chi connectivity index (χ2v) is 5.96. The monoisotopic (exact) mass is 377 g/mol. The SMILES string of the molecule is NC(c1cccc(I)c1)c1ccc(F)c2ccccc12. The first-order valence-corrected chi connectivity index (χ1v) is 7.43. The van der Waals surface area contributed by atoms with Crippen molar-refractivity contribution >= 4 is 33.4 Å². The van der Waals surface area contributed by atoms with Crippen LogP contribution in [0.15, 0.2) is 60.7 Å². The highest BCUT2D eigenvalue weighted by Crippen LogP contribution is 2.29. The molecule has 0 aliphatic heterocycles. The molecule has 3 heteroatoms. The Balaban J connectivity index is 2.17. The van der Waals surface area contributed by atoms with Gasteiger partial charge in [-0.15, -0.1) is 0 Å². The third-order valence-corrected chi connectivity index (χ3v) is 4.12. The molecule has 0 aromatic heterocycles. The van der Waals surface area contributed by atoms with Gasteiger partial charge in [0.25, 0.3) is 0 Å². The molecule has 0 saturated carbocycles. The van der Waals surface area contributed by atoms with E-state index in [4.69, 9.17) is 5.73 Å². The van der Waals surface area contributed by atoms with Crippen molar-refractivity contribution in [3.8, 4) is 0 Å². The van der Waals surface area contributed by atoms with Gasteiger partial charge in [-0.1, -0.05) is 42.5 Å².